The van der Waals surface area contributed by atoms with E-state index in [-0.39, 0.29) is 11.0 Å². The molecule has 0 saturated heterocycles. The van der Waals surface area contributed by atoms with Gasteiger partial charge in [0.1, 0.15) is 19.9 Å². The first-order valence-corrected chi connectivity index (χ1v) is 11.5. The van der Waals surface area contributed by atoms with E-state index in [9.17, 15) is 5.11 Å². The monoisotopic (exact) mass is 348 g/mol. The average Bonchev–Trinajstić information content (AvgIpc) is 2.52. The Labute approximate surface area is 148 Å². The number of hydrogen-bond donors (Lipinski definition) is 1. The predicted octanol–water partition coefficient (Wildman–Crippen LogP) is 4.26. The van der Waals surface area contributed by atoms with Gasteiger partial charge < -0.3 is 14.6 Å². The third-order valence-electron chi connectivity index (χ3n) is 4.76. The summed E-state index contributed by atoms with van der Waals surface area (Å²) < 4.78 is 10.9. The Morgan fingerprint density at radius 3 is 2.25 bits per heavy atom. The van der Waals surface area contributed by atoms with Crippen molar-refractivity contribution >= 4 is 8.07 Å². The van der Waals surface area contributed by atoms with Crippen molar-refractivity contribution in [3.8, 4) is 17.2 Å². The average molecular weight is 349 g/mol. The van der Waals surface area contributed by atoms with Gasteiger partial charge in [0, 0.05) is 5.92 Å². The molecule has 4 heteroatoms. The van der Waals surface area contributed by atoms with Crippen LogP contribution in [0.5, 0.6) is 5.75 Å². The summed E-state index contributed by atoms with van der Waals surface area (Å²) in [6, 6.07) is 7.80. The zero-order chi connectivity index (χ0) is 18.4. The van der Waals surface area contributed by atoms with Gasteiger partial charge in [-0.1, -0.05) is 58.8 Å². The van der Waals surface area contributed by atoms with Gasteiger partial charge in [-0.3, -0.25) is 0 Å². The summed E-state index contributed by atoms with van der Waals surface area (Å²) in [5.74, 6) is 3.89. The molecule has 3 nitrogen and oxygen atoms in total. The van der Waals surface area contributed by atoms with Gasteiger partial charge in [0.2, 0.25) is 0 Å². The second-order valence-corrected chi connectivity index (χ2v) is 12.9. The quantitative estimate of drug-likeness (QED) is 0.617. The molecule has 0 heterocycles. The van der Waals surface area contributed by atoms with E-state index in [2.05, 4.69) is 45.3 Å². The largest absolute Gasteiger partial charge is 0.497 e. The van der Waals surface area contributed by atoms with Crippen molar-refractivity contribution in [2.24, 2.45) is 5.92 Å². The van der Waals surface area contributed by atoms with Crippen LogP contribution >= 0.6 is 0 Å². The molecule has 0 unspecified atom stereocenters. The zero-order valence-corrected chi connectivity index (χ0v) is 17.1. The van der Waals surface area contributed by atoms with E-state index in [1.807, 2.05) is 31.2 Å². The molecule has 0 saturated carbocycles. The minimum Gasteiger partial charge on any atom is -0.497 e. The van der Waals surface area contributed by atoms with E-state index in [4.69, 9.17) is 9.47 Å². The van der Waals surface area contributed by atoms with Crippen molar-refractivity contribution < 1.29 is 14.6 Å². The van der Waals surface area contributed by atoms with Crippen LogP contribution in [0.2, 0.25) is 18.1 Å². The number of rotatable bonds is 6. The van der Waals surface area contributed by atoms with E-state index in [0.29, 0.717) is 13.2 Å². The normalized spacial score (nSPS) is 14.5. The highest BCUT2D eigenvalue weighted by atomic mass is 28.3. The lowest BCUT2D eigenvalue weighted by molar-refractivity contribution is 0.0503. The van der Waals surface area contributed by atoms with Crippen LogP contribution in [-0.2, 0) is 11.3 Å². The highest BCUT2D eigenvalue weighted by molar-refractivity contribution is 6.87. The first-order chi connectivity index (χ1) is 11.1. The molecule has 2 atom stereocenters. The Morgan fingerprint density at radius 1 is 1.17 bits per heavy atom. The highest BCUT2D eigenvalue weighted by Crippen LogP contribution is 2.35. The van der Waals surface area contributed by atoms with Crippen LogP contribution in [0.15, 0.2) is 24.3 Å². The topological polar surface area (TPSA) is 38.7 Å². The number of aliphatic hydroxyl groups is 1. The van der Waals surface area contributed by atoms with Crippen LogP contribution in [0, 0.1) is 17.4 Å². The fourth-order valence-electron chi connectivity index (χ4n) is 1.76. The molecule has 134 valence electrons. The molecular weight excluding hydrogens is 316 g/mol. The van der Waals surface area contributed by atoms with Gasteiger partial charge in [-0.2, -0.15) is 0 Å². The first kappa shape index (κ1) is 20.8. The molecule has 1 aromatic carbocycles. The third kappa shape index (κ3) is 6.31. The lowest BCUT2D eigenvalue weighted by Gasteiger charge is -2.31. The Hall–Kier alpha value is -1.28. The van der Waals surface area contributed by atoms with Gasteiger partial charge >= 0.3 is 0 Å². The molecule has 0 aliphatic heterocycles. The second-order valence-electron chi connectivity index (χ2n) is 7.93. The van der Waals surface area contributed by atoms with Crippen LogP contribution < -0.4 is 4.74 Å². The summed E-state index contributed by atoms with van der Waals surface area (Å²) in [6.07, 6.45) is -0.644. The maximum Gasteiger partial charge on any atom is 0.137 e. The molecule has 0 aliphatic rings. The standard InChI is InChI=1S/C20H32O3Si/c1-16(19(21)12-13-24(6,7)20(2,3)4)14-23-15-17-8-10-18(22-5)11-9-17/h8-11,16,19,21H,14-15H2,1-7H3/t16-,19-/m1/s1. The van der Waals surface area contributed by atoms with Gasteiger partial charge in [0.25, 0.3) is 0 Å². The zero-order valence-electron chi connectivity index (χ0n) is 16.1. The Bertz CT molecular complexity index is 561. The fraction of sp³-hybridized carbons (Fsp3) is 0.600. The Kier molecular flexibility index (Phi) is 7.53. The lowest BCUT2D eigenvalue weighted by Crippen LogP contribution is -2.36. The Morgan fingerprint density at radius 2 is 1.75 bits per heavy atom. The molecule has 1 N–H and O–H groups in total. The minimum absolute atomic E-state index is 0.0134. The highest BCUT2D eigenvalue weighted by Gasteiger charge is 2.33. The number of methoxy groups -OCH3 is 1. The molecule has 0 bridgehead atoms. The van der Waals surface area contributed by atoms with Gasteiger partial charge in [-0.25, -0.2) is 0 Å². The number of ether oxygens (including phenoxy) is 2. The van der Waals surface area contributed by atoms with Gasteiger partial charge in [-0.15, -0.1) is 5.54 Å². The van der Waals surface area contributed by atoms with Crippen molar-refractivity contribution in [3.63, 3.8) is 0 Å². The molecule has 0 amide bonds. The van der Waals surface area contributed by atoms with E-state index in [0.717, 1.165) is 11.3 Å². The lowest BCUT2D eigenvalue weighted by atomic mass is 10.1. The van der Waals surface area contributed by atoms with Gasteiger partial charge in [0.05, 0.1) is 20.3 Å². The summed E-state index contributed by atoms with van der Waals surface area (Å²) >= 11 is 0. The van der Waals surface area contributed by atoms with Crippen molar-refractivity contribution in [2.45, 2.75) is 58.5 Å². The molecular formula is C20H32O3Si. The maximum absolute atomic E-state index is 10.3. The van der Waals surface area contributed by atoms with Crippen LogP contribution in [0.1, 0.15) is 33.3 Å². The van der Waals surface area contributed by atoms with Crippen LogP contribution in [-0.4, -0.2) is 33.0 Å². The van der Waals surface area contributed by atoms with Crippen molar-refractivity contribution in [2.75, 3.05) is 13.7 Å². The molecule has 0 aliphatic carbocycles. The summed E-state index contributed by atoms with van der Waals surface area (Å²) in [7, 11) is -0.0281. The van der Waals surface area contributed by atoms with E-state index < -0.39 is 14.2 Å². The third-order valence-corrected chi connectivity index (χ3v) is 9.27. The molecule has 0 aromatic heterocycles. The molecule has 24 heavy (non-hydrogen) atoms. The molecule has 1 aromatic rings. The Balaban J connectivity index is 2.48. The van der Waals surface area contributed by atoms with E-state index in [1.165, 1.54) is 0 Å². The number of benzene rings is 1. The SMILES string of the molecule is COc1ccc(COC[C@@H](C)[C@H](O)C#C[Si](C)(C)C(C)(C)C)cc1. The maximum atomic E-state index is 10.3. The van der Waals surface area contributed by atoms with Crippen LogP contribution in [0.3, 0.4) is 0 Å². The van der Waals surface area contributed by atoms with Gasteiger partial charge in [-0.05, 0) is 22.7 Å². The summed E-state index contributed by atoms with van der Waals surface area (Å²) in [5.41, 5.74) is 4.46. The molecule has 0 radical (unpaired) electrons. The minimum atomic E-state index is -1.68. The van der Waals surface area contributed by atoms with Gasteiger partial charge in [0.15, 0.2) is 0 Å². The van der Waals surface area contributed by atoms with Crippen molar-refractivity contribution in [1.29, 1.82) is 0 Å². The number of hydrogen-bond acceptors (Lipinski definition) is 3. The van der Waals surface area contributed by atoms with E-state index in [1.54, 1.807) is 7.11 Å². The molecule has 0 fully saturated rings. The fourth-order valence-corrected chi connectivity index (χ4v) is 2.64. The first-order valence-electron chi connectivity index (χ1n) is 8.48. The summed E-state index contributed by atoms with van der Waals surface area (Å²) in [5, 5.41) is 10.5. The van der Waals surface area contributed by atoms with Crippen LogP contribution in [0.25, 0.3) is 0 Å². The van der Waals surface area contributed by atoms with Crippen molar-refractivity contribution in [1.82, 2.24) is 0 Å². The summed E-state index contributed by atoms with van der Waals surface area (Å²) in [6.45, 7) is 14.1. The van der Waals surface area contributed by atoms with Crippen molar-refractivity contribution in [3.05, 3.63) is 29.8 Å². The molecule has 1 rings (SSSR count). The summed E-state index contributed by atoms with van der Waals surface area (Å²) in [4.78, 5) is 0. The number of aliphatic hydroxyl groups excluding tert-OH is 1. The molecule has 0 spiro atoms. The predicted molar refractivity (Wildman–Crippen MR) is 103 cm³/mol. The smallest absolute Gasteiger partial charge is 0.137 e. The second kappa shape index (κ2) is 8.71. The van der Waals surface area contributed by atoms with Crippen LogP contribution in [0.4, 0.5) is 0 Å². The van der Waals surface area contributed by atoms with E-state index >= 15 is 0 Å².